The van der Waals surface area contributed by atoms with Gasteiger partial charge in [-0.05, 0) is 48.5 Å². The summed E-state index contributed by atoms with van der Waals surface area (Å²) in [4.78, 5) is 8.81. The van der Waals surface area contributed by atoms with E-state index in [4.69, 9.17) is 4.74 Å². The Bertz CT molecular complexity index is 909. The van der Waals surface area contributed by atoms with E-state index in [0.717, 1.165) is 22.8 Å². The number of methoxy groups -OCH3 is 1. The Morgan fingerprint density at radius 2 is 1.28 bits per heavy atom. The molecule has 0 aliphatic rings. The molecule has 0 aliphatic heterocycles. The van der Waals surface area contributed by atoms with Gasteiger partial charge in [0.25, 0.3) is 0 Å². The Morgan fingerprint density at radius 3 is 1.72 bits per heavy atom. The molecule has 0 aliphatic carbocycles. The van der Waals surface area contributed by atoms with Crippen LogP contribution in [0, 0.1) is 0 Å². The molecule has 0 spiro atoms. The van der Waals surface area contributed by atoms with E-state index in [1.54, 1.807) is 19.5 Å². The summed E-state index contributed by atoms with van der Waals surface area (Å²) < 4.78 is 7.20. The van der Waals surface area contributed by atoms with Crippen molar-refractivity contribution in [1.82, 2.24) is 24.7 Å². The van der Waals surface area contributed by atoms with Gasteiger partial charge in [-0.3, -0.25) is 14.5 Å². The minimum absolute atomic E-state index is 0.659. The van der Waals surface area contributed by atoms with E-state index >= 15 is 0 Å². The maximum absolute atomic E-state index is 5.25. The first-order valence-electron chi connectivity index (χ1n) is 7.79. The minimum atomic E-state index is 0.659. The molecule has 0 amide bonds. The van der Waals surface area contributed by atoms with Crippen LogP contribution >= 0.6 is 0 Å². The Balaban J connectivity index is 1.93. The number of nitrogens with zero attached hydrogens (tertiary/aromatic N) is 5. The van der Waals surface area contributed by atoms with Crippen LogP contribution < -0.4 is 4.74 Å². The van der Waals surface area contributed by atoms with Crippen LogP contribution in [0.3, 0.4) is 0 Å². The van der Waals surface area contributed by atoms with Crippen molar-refractivity contribution in [2.75, 3.05) is 7.11 Å². The summed E-state index contributed by atoms with van der Waals surface area (Å²) in [6.45, 7) is 0. The number of benzene rings is 1. The van der Waals surface area contributed by atoms with Gasteiger partial charge in [0.15, 0.2) is 11.6 Å². The van der Waals surface area contributed by atoms with E-state index in [0.29, 0.717) is 11.6 Å². The molecule has 122 valence electrons. The van der Waals surface area contributed by atoms with Crippen molar-refractivity contribution >= 4 is 0 Å². The molecule has 1 aromatic carbocycles. The number of ether oxygens (including phenoxy) is 1. The molecular weight excluding hydrogens is 314 g/mol. The van der Waals surface area contributed by atoms with Crippen molar-refractivity contribution in [1.29, 1.82) is 0 Å². The molecule has 0 bridgehead atoms. The second-order valence-electron chi connectivity index (χ2n) is 5.31. The maximum Gasteiger partial charge on any atom is 0.187 e. The zero-order valence-corrected chi connectivity index (χ0v) is 13.6. The van der Waals surface area contributed by atoms with Crippen molar-refractivity contribution < 1.29 is 4.74 Å². The van der Waals surface area contributed by atoms with Crippen LogP contribution in [0.5, 0.6) is 5.75 Å². The van der Waals surface area contributed by atoms with E-state index in [9.17, 15) is 0 Å². The van der Waals surface area contributed by atoms with Crippen LogP contribution in [-0.2, 0) is 0 Å². The summed E-state index contributed by atoms with van der Waals surface area (Å²) in [5, 5.41) is 8.72. The smallest absolute Gasteiger partial charge is 0.187 e. The molecule has 0 atom stereocenters. The summed E-state index contributed by atoms with van der Waals surface area (Å²) in [5.41, 5.74) is 2.40. The summed E-state index contributed by atoms with van der Waals surface area (Å²) in [6, 6.07) is 19.1. The normalized spacial score (nSPS) is 10.6. The lowest BCUT2D eigenvalue weighted by Crippen LogP contribution is -2.02. The summed E-state index contributed by atoms with van der Waals surface area (Å²) in [6.07, 6.45) is 3.48. The SMILES string of the molecule is COc1ccc(-n2c(-c3ccccn3)nnc2-c2ccccn2)cc1. The van der Waals surface area contributed by atoms with E-state index in [2.05, 4.69) is 20.2 Å². The van der Waals surface area contributed by atoms with Crippen LogP contribution in [0.2, 0.25) is 0 Å². The Hall–Kier alpha value is -3.54. The summed E-state index contributed by atoms with van der Waals surface area (Å²) >= 11 is 0. The minimum Gasteiger partial charge on any atom is -0.497 e. The van der Waals surface area contributed by atoms with Crippen molar-refractivity contribution in [3.8, 4) is 34.5 Å². The van der Waals surface area contributed by atoms with Crippen molar-refractivity contribution in [3.63, 3.8) is 0 Å². The molecule has 3 heterocycles. The molecule has 0 radical (unpaired) electrons. The van der Waals surface area contributed by atoms with Crippen molar-refractivity contribution in [2.24, 2.45) is 0 Å². The quantitative estimate of drug-likeness (QED) is 0.574. The molecule has 0 saturated carbocycles. The van der Waals surface area contributed by atoms with Crippen molar-refractivity contribution in [2.45, 2.75) is 0 Å². The van der Waals surface area contributed by atoms with Crippen LogP contribution in [0.1, 0.15) is 0 Å². The molecule has 4 aromatic rings. The third-order valence-corrected chi connectivity index (χ3v) is 3.78. The van der Waals surface area contributed by atoms with Crippen LogP contribution in [0.15, 0.2) is 73.1 Å². The average Bonchev–Trinajstić information content (AvgIpc) is 3.14. The van der Waals surface area contributed by atoms with Gasteiger partial charge in [-0.2, -0.15) is 0 Å². The van der Waals surface area contributed by atoms with Gasteiger partial charge >= 0.3 is 0 Å². The first kappa shape index (κ1) is 15.0. The highest BCUT2D eigenvalue weighted by Gasteiger charge is 2.18. The second kappa shape index (κ2) is 6.52. The van der Waals surface area contributed by atoms with Crippen LogP contribution in [0.25, 0.3) is 28.7 Å². The monoisotopic (exact) mass is 329 g/mol. The van der Waals surface area contributed by atoms with Gasteiger partial charge in [-0.25, -0.2) is 0 Å². The van der Waals surface area contributed by atoms with Gasteiger partial charge in [-0.1, -0.05) is 12.1 Å². The molecule has 0 saturated heterocycles. The van der Waals surface area contributed by atoms with E-state index in [1.165, 1.54) is 0 Å². The molecule has 6 nitrogen and oxygen atoms in total. The number of hydrogen-bond donors (Lipinski definition) is 0. The average molecular weight is 329 g/mol. The Morgan fingerprint density at radius 1 is 0.720 bits per heavy atom. The topological polar surface area (TPSA) is 65.7 Å². The first-order chi connectivity index (χ1) is 12.4. The standard InChI is InChI=1S/C19H15N5O/c1-25-15-10-8-14(9-11-15)24-18(16-6-2-4-12-20-16)22-23-19(24)17-7-3-5-13-21-17/h2-13H,1H3. The molecule has 25 heavy (non-hydrogen) atoms. The summed E-state index contributed by atoms with van der Waals surface area (Å²) in [7, 11) is 1.65. The van der Waals surface area contributed by atoms with Gasteiger partial charge in [-0.15, -0.1) is 10.2 Å². The maximum atomic E-state index is 5.25. The Kier molecular flexibility index (Phi) is 3.92. The fourth-order valence-corrected chi connectivity index (χ4v) is 2.58. The van der Waals surface area contributed by atoms with Gasteiger partial charge in [0, 0.05) is 18.1 Å². The number of pyridine rings is 2. The van der Waals surface area contributed by atoms with Gasteiger partial charge in [0.1, 0.15) is 17.1 Å². The van der Waals surface area contributed by atoms with Crippen LogP contribution in [0.4, 0.5) is 0 Å². The molecule has 4 rings (SSSR count). The van der Waals surface area contributed by atoms with Crippen molar-refractivity contribution in [3.05, 3.63) is 73.1 Å². The summed E-state index contributed by atoms with van der Waals surface area (Å²) in [5.74, 6) is 2.11. The van der Waals surface area contributed by atoms with E-state index < -0.39 is 0 Å². The zero-order chi connectivity index (χ0) is 17.1. The molecule has 6 heteroatoms. The third-order valence-electron chi connectivity index (χ3n) is 3.78. The lowest BCUT2D eigenvalue weighted by atomic mass is 10.2. The lowest BCUT2D eigenvalue weighted by molar-refractivity contribution is 0.415. The highest BCUT2D eigenvalue weighted by molar-refractivity contribution is 5.62. The van der Waals surface area contributed by atoms with E-state index in [-0.39, 0.29) is 0 Å². The first-order valence-corrected chi connectivity index (χ1v) is 7.79. The van der Waals surface area contributed by atoms with Gasteiger partial charge < -0.3 is 4.74 Å². The highest BCUT2D eigenvalue weighted by Crippen LogP contribution is 2.27. The molecule has 0 fully saturated rings. The number of rotatable bonds is 4. The predicted molar refractivity (Wildman–Crippen MR) is 94.4 cm³/mol. The second-order valence-corrected chi connectivity index (χ2v) is 5.31. The molecule has 3 aromatic heterocycles. The largest absolute Gasteiger partial charge is 0.497 e. The Labute approximate surface area is 144 Å². The lowest BCUT2D eigenvalue weighted by Gasteiger charge is -2.10. The number of hydrogen-bond acceptors (Lipinski definition) is 5. The molecular formula is C19H15N5O. The number of aromatic nitrogens is 5. The zero-order valence-electron chi connectivity index (χ0n) is 13.6. The van der Waals surface area contributed by atoms with Crippen LogP contribution in [-0.4, -0.2) is 31.8 Å². The highest BCUT2D eigenvalue weighted by atomic mass is 16.5. The predicted octanol–water partition coefficient (Wildman–Crippen LogP) is 3.40. The van der Waals surface area contributed by atoms with E-state index in [1.807, 2.05) is 65.2 Å². The molecule has 0 N–H and O–H groups in total. The fourth-order valence-electron chi connectivity index (χ4n) is 2.58. The van der Waals surface area contributed by atoms with Gasteiger partial charge in [0.05, 0.1) is 7.11 Å². The third kappa shape index (κ3) is 2.85. The fraction of sp³-hybridized carbons (Fsp3) is 0.0526. The molecule has 0 unspecified atom stereocenters. The van der Waals surface area contributed by atoms with Gasteiger partial charge in [0.2, 0.25) is 0 Å².